The van der Waals surface area contributed by atoms with Gasteiger partial charge in [-0.25, -0.2) is 14.6 Å². The van der Waals surface area contributed by atoms with Crippen LogP contribution in [-0.4, -0.2) is 42.1 Å². The van der Waals surface area contributed by atoms with Crippen LogP contribution in [0.25, 0.3) is 0 Å². The number of nitrogens with one attached hydrogen (secondary N) is 1. The Balaban J connectivity index is 2.70. The molecule has 0 radical (unpaired) electrons. The first-order chi connectivity index (χ1) is 9.12. The van der Waals surface area contributed by atoms with Gasteiger partial charge in [0.15, 0.2) is 5.69 Å². The van der Waals surface area contributed by atoms with Crippen molar-refractivity contribution < 1.29 is 14.3 Å². The number of urea groups is 1. The zero-order chi connectivity index (χ0) is 14.3. The van der Waals surface area contributed by atoms with E-state index >= 15 is 0 Å². The van der Waals surface area contributed by atoms with Gasteiger partial charge in [-0.15, -0.1) is 11.3 Å². The lowest BCUT2D eigenvalue weighted by Crippen LogP contribution is -2.39. The Kier molecular flexibility index (Phi) is 6.27. The Labute approximate surface area is 116 Å². The minimum atomic E-state index is -0.456. The Morgan fingerprint density at radius 3 is 2.79 bits per heavy atom. The van der Waals surface area contributed by atoms with Crippen molar-refractivity contribution in [3.05, 3.63) is 16.1 Å². The minimum absolute atomic E-state index is 0.112. The summed E-state index contributed by atoms with van der Waals surface area (Å²) >= 11 is 1.35. The SMILES string of the molecule is CCCN(Cc1nc(C(=O)OC)cs1)C(=O)NCC. The largest absolute Gasteiger partial charge is 0.464 e. The summed E-state index contributed by atoms with van der Waals surface area (Å²) in [7, 11) is 1.32. The number of carbonyl (C=O) groups is 2. The lowest BCUT2D eigenvalue weighted by molar-refractivity contribution is 0.0594. The maximum atomic E-state index is 11.8. The third kappa shape index (κ3) is 4.51. The summed E-state index contributed by atoms with van der Waals surface area (Å²) < 4.78 is 4.60. The number of thiazole rings is 1. The van der Waals surface area contributed by atoms with E-state index in [1.165, 1.54) is 18.4 Å². The number of hydrogen-bond donors (Lipinski definition) is 1. The van der Waals surface area contributed by atoms with Crippen molar-refractivity contribution in [2.45, 2.75) is 26.8 Å². The molecular weight excluding hydrogens is 266 g/mol. The van der Waals surface area contributed by atoms with Crippen molar-refractivity contribution in [3.8, 4) is 0 Å². The van der Waals surface area contributed by atoms with Crippen LogP contribution in [0.15, 0.2) is 5.38 Å². The summed E-state index contributed by atoms with van der Waals surface area (Å²) in [6.07, 6.45) is 0.867. The average molecular weight is 285 g/mol. The van der Waals surface area contributed by atoms with Crippen molar-refractivity contribution >= 4 is 23.3 Å². The molecule has 0 aliphatic heterocycles. The molecule has 7 heteroatoms. The minimum Gasteiger partial charge on any atom is -0.464 e. The average Bonchev–Trinajstić information content (AvgIpc) is 2.86. The fraction of sp³-hybridized carbons (Fsp3) is 0.583. The normalized spacial score (nSPS) is 10.1. The lowest BCUT2D eigenvalue weighted by Gasteiger charge is -2.20. The molecule has 0 saturated heterocycles. The molecule has 0 atom stereocenters. The number of nitrogens with zero attached hydrogens (tertiary/aromatic N) is 2. The number of aromatic nitrogens is 1. The first kappa shape index (κ1) is 15.4. The number of rotatable bonds is 6. The molecule has 6 nitrogen and oxygen atoms in total. The first-order valence-electron chi connectivity index (χ1n) is 6.17. The third-order valence-electron chi connectivity index (χ3n) is 2.38. The molecule has 1 aromatic rings. The molecule has 1 heterocycles. The highest BCUT2D eigenvalue weighted by molar-refractivity contribution is 7.09. The number of carbonyl (C=O) groups excluding carboxylic acids is 2. The van der Waals surface area contributed by atoms with Gasteiger partial charge in [0.25, 0.3) is 0 Å². The number of esters is 1. The number of amides is 2. The van der Waals surface area contributed by atoms with Gasteiger partial charge in [-0.3, -0.25) is 0 Å². The van der Waals surface area contributed by atoms with Gasteiger partial charge in [-0.2, -0.15) is 0 Å². The molecule has 19 heavy (non-hydrogen) atoms. The van der Waals surface area contributed by atoms with E-state index in [4.69, 9.17) is 0 Å². The van der Waals surface area contributed by atoms with Gasteiger partial charge in [0, 0.05) is 18.5 Å². The highest BCUT2D eigenvalue weighted by Gasteiger charge is 2.16. The molecule has 0 aromatic carbocycles. The van der Waals surface area contributed by atoms with Gasteiger partial charge in [-0.05, 0) is 13.3 Å². The highest BCUT2D eigenvalue weighted by Crippen LogP contribution is 2.13. The van der Waals surface area contributed by atoms with Gasteiger partial charge < -0.3 is 15.0 Å². The van der Waals surface area contributed by atoms with Crippen LogP contribution in [0, 0.1) is 0 Å². The monoisotopic (exact) mass is 285 g/mol. The molecule has 2 amide bonds. The van der Waals surface area contributed by atoms with Crippen molar-refractivity contribution in [1.29, 1.82) is 0 Å². The van der Waals surface area contributed by atoms with E-state index in [-0.39, 0.29) is 11.7 Å². The van der Waals surface area contributed by atoms with Crippen LogP contribution in [0.1, 0.15) is 35.8 Å². The fourth-order valence-corrected chi connectivity index (χ4v) is 2.31. The highest BCUT2D eigenvalue weighted by atomic mass is 32.1. The maximum absolute atomic E-state index is 11.8. The molecule has 106 valence electrons. The van der Waals surface area contributed by atoms with Gasteiger partial charge in [0.2, 0.25) is 0 Å². The Morgan fingerprint density at radius 1 is 1.47 bits per heavy atom. The second kappa shape index (κ2) is 7.73. The van der Waals surface area contributed by atoms with E-state index in [0.29, 0.717) is 19.6 Å². The fourth-order valence-electron chi connectivity index (χ4n) is 1.53. The molecule has 0 aliphatic carbocycles. The second-order valence-electron chi connectivity index (χ2n) is 3.88. The van der Waals surface area contributed by atoms with Crippen LogP contribution in [0.3, 0.4) is 0 Å². The summed E-state index contributed by atoms with van der Waals surface area (Å²) in [6, 6.07) is -0.112. The van der Waals surface area contributed by atoms with Crippen LogP contribution >= 0.6 is 11.3 Å². The summed E-state index contributed by atoms with van der Waals surface area (Å²) in [6.45, 7) is 5.53. The van der Waals surface area contributed by atoms with E-state index < -0.39 is 5.97 Å². The topological polar surface area (TPSA) is 71.5 Å². The summed E-state index contributed by atoms with van der Waals surface area (Å²) in [5.74, 6) is -0.456. The van der Waals surface area contributed by atoms with E-state index in [9.17, 15) is 9.59 Å². The van der Waals surface area contributed by atoms with E-state index in [0.717, 1.165) is 11.4 Å². The zero-order valence-corrected chi connectivity index (χ0v) is 12.2. The summed E-state index contributed by atoms with van der Waals surface area (Å²) in [5, 5.41) is 5.13. The molecule has 0 spiro atoms. The quantitative estimate of drug-likeness (QED) is 0.810. The number of hydrogen-bond acceptors (Lipinski definition) is 5. The van der Waals surface area contributed by atoms with Crippen LogP contribution in [-0.2, 0) is 11.3 Å². The smallest absolute Gasteiger partial charge is 0.357 e. The predicted molar refractivity (Wildman–Crippen MR) is 73.2 cm³/mol. The van der Waals surface area contributed by atoms with Crippen molar-refractivity contribution in [3.63, 3.8) is 0 Å². The third-order valence-corrected chi connectivity index (χ3v) is 3.21. The van der Waals surface area contributed by atoms with Gasteiger partial charge in [-0.1, -0.05) is 6.92 Å². The van der Waals surface area contributed by atoms with Crippen molar-refractivity contribution in [2.24, 2.45) is 0 Å². The number of ether oxygens (including phenoxy) is 1. The van der Waals surface area contributed by atoms with Crippen molar-refractivity contribution in [2.75, 3.05) is 20.2 Å². The van der Waals surface area contributed by atoms with Crippen molar-refractivity contribution in [1.82, 2.24) is 15.2 Å². The maximum Gasteiger partial charge on any atom is 0.357 e. The second-order valence-corrected chi connectivity index (χ2v) is 4.82. The summed E-state index contributed by atoms with van der Waals surface area (Å²) in [5.41, 5.74) is 0.287. The zero-order valence-electron chi connectivity index (χ0n) is 11.4. The lowest BCUT2D eigenvalue weighted by atomic mass is 10.4. The van der Waals surface area contributed by atoms with E-state index in [1.807, 2.05) is 13.8 Å². The van der Waals surface area contributed by atoms with Gasteiger partial charge in [0.1, 0.15) is 5.01 Å². The molecule has 1 aromatic heterocycles. The first-order valence-corrected chi connectivity index (χ1v) is 7.05. The Bertz CT molecular complexity index is 434. The van der Waals surface area contributed by atoms with E-state index in [2.05, 4.69) is 15.0 Å². The van der Waals surface area contributed by atoms with Gasteiger partial charge >= 0.3 is 12.0 Å². The molecular formula is C12H19N3O3S. The molecule has 1 N–H and O–H groups in total. The molecule has 0 aliphatic rings. The van der Waals surface area contributed by atoms with Crippen LogP contribution < -0.4 is 5.32 Å². The number of methoxy groups -OCH3 is 1. The molecule has 0 unspecified atom stereocenters. The van der Waals surface area contributed by atoms with Crippen LogP contribution in [0.2, 0.25) is 0 Å². The molecule has 1 rings (SSSR count). The molecule has 0 saturated carbocycles. The van der Waals surface area contributed by atoms with Crippen LogP contribution in [0.5, 0.6) is 0 Å². The predicted octanol–water partition coefficient (Wildman–Crippen LogP) is 1.87. The Morgan fingerprint density at radius 2 is 2.21 bits per heavy atom. The van der Waals surface area contributed by atoms with Gasteiger partial charge in [0.05, 0.1) is 13.7 Å². The van der Waals surface area contributed by atoms with Crippen LogP contribution in [0.4, 0.5) is 4.79 Å². The Hall–Kier alpha value is -1.63. The molecule has 0 fully saturated rings. The summed E-state index contributed by atoms with van der Waals surface area (Å²) in [4.78, 5) is 29.0. The molecule has 0 bridgehead atoms. The standard InChI is InChI=1S/C12H19N3O3S/c1-4-6-15(12(17)13-5-2)7-10-14-9(8-19-10)11(16)18-3/h8H,4-7H2,1-3H3,(H,13,17). The van der Waals surface area contributed by atoms with E-state index in [1.54, 1.807) is 10.3 Å².